The predicted molar refractivity (Wildman–Crippen MR) is 106 cm³/mol. The molecule has 2 atom stereocenters. The number of nitrogens with one attached hydrogen (secondary N) is 2. The summed E-state index contributed by atoms with van der Waals surface area (Å²) >= 11 is 0. The van der Waals surface area contributed by atoms with Gasteiger partial charge in [-0.1, -0.05) is 0 Å². The van der Waals surface area contributed by atoms with E-state index in [0.29, 0.717) is 24.8 Å². The largest absolute Gasteiger partial charge is 0.351 e. The van der Waals surface area contributed by atoms with E-state index >= 15 is 0 Å². The van der Waals surface area contributed by atoms with Gasteiger partial charge >= 0.3 is 6.03 Å². The molecule has 9 heteroatoms. The first-order valence-electron chi connectivity index (χ1n) is 10.5. The van der Waals surface area contributed by atoms with E-state index in [4.69, 9.17) is 0 Å². The topological polar surface area (TPSA) is 97.1 Å². The molecule has 2 N–H and O–H groups in total. The van der Waals surface area contributed by atoms with Gasteiger partial charge in [0.05, 0.1) is 29.9 Å². The van der Waals surface area contributed by atoms with Gasteiger partial charge in [0.2, 0.25) is 5.91 Å². The van der Waals surface area contributed by atoms with Crippen molar-refractivity contribution in [2.45, 2.75) is 50.1 Å². The molecule has 9 nitrogen and oxygen atoms in total. The van der Waals surface area contributed by atoms with Crippen LogP contribution in [0.4, 0.5) is 10.5 Å². The summed E-state index contributed by atoms with van der Waals surface area (Å²) in [5, 5.41) is 10.5. The van der Waals surface area contributed by atoms with Gasteiger partial charge in [-0.15, -0.1) is 0 Å². The van der Waals surface area contributed by atoms with Crippen LogP contribution in [0.3, 0.4) is 0 Å². The van der Waals surface area contributed by atoms with Crippen molar-refractivity contribution < 1.29 is 9.59 Å². The minimum atomic E-state index is -0.166. The van der Waals surface area contributed by atoms with Crippen molar-refractivity contribution in [3.05, 3.63) is 30.6 Å². The molecule has 29 heavy (non-hydrogen) atoms. The van der Waals surface area contributed by atoms with E-state index in [2.05, 4.69) is 20.7 Å². The second kappa shape index (κ2) is 7.20. The maximum atomic E-state index is 12.9. The molecule has 3 fully saturated rings. The van der Waals surface area contributed by atoms with E-state index in [1.54, 1.807) is 17.3 Å². The number of urea groups is 1. The fraction of sp³-hybridized carbons (Fsp3) is 0.600. The number of rotatable bonds is 5. The molecule has 154 valence electrons. The van der Waals surface area contributed by atoms with Crippen LogP contribution in [0.25, 0.3) is 0 Å². The van der Waals surface area contributed by atoms with Crippen LogP contribution in [-0.2, 0) is 11.8 Å². The van der Waals surface area contributed by atoms with Crippen LogP contribution in [0.5, 0.6) is 0 Å². The highest BCUT2D eigenvalue weighted by Gasteiger charge is 2.41. The van der Waals surface area contributed by atoms with E-state index in [1.807, 2.05) is 28.7 Å². The fourth-order valence-corrected chi connectivity index (χ4v) is 4.21. The molecule has 2 aromatic rings. The molecule has 2 aliphatic carbocycles. The summed E-state index contributed by atoms with van der Waals surface area (Å²) in [6, 6.07) is 0.162. The maximum absolute atomic E-state index is 12.9. The highest BCUT2D eigenvalue weighted by atomic mass is 16.2. The zero-order chi connectivity index (χ0) is 20.0. The van der Waals surface area contributed by atoms with Crippen LogP contribution in [-0.4, -0.2) is 55.3 Å². The van der Waals surface area contributed by atoms with Gasteiger partial charge < -0.3 is 20.1 Å². The van der Waals surface area contributed by atoms with Crippen molar-refractivity contribution in [2.75, 3.05) is 18.4 Å². The normalized spacial score (nSPS) is 24.4. The summed E-state index contributed by atoms with van der Waals surface area (Å²) in [5.41, 5.74) is 0.709. The Morgan fingerprint density at radius 3 is 2.66 bits per heavy atom. The first-order chi connectivity index (χ1) is 14.1. The Morgan fingerprint density at radius 2 is 2.00 bits per heavy atom. The molecule has 5 rings (SSSR count). The van der Waals surface area contributed by atoms with Crippen molar-refractivity contribution in [1.82, 2.24) is 29.5 Å². The predicted octanol–water partition coefficient (Wildman–Crippen LogP) is 1.87. The number of anilines is 1. The van der Waals surface area contributed by atoms with E-state index < -0.39 is 0 Å². The summed E-state index contributed by atoms with van der Waals surface area (Å²) < 4.78 is 3.91. The van der Waals surface area contributed by atoms with Crippen LogP contribution in [0.1, 0.15) is 49.9 Å². The summed E-state index contributed by atoms with van der Waals surface area (Å²) in [4.78, 5) is 31.5. The standard InChI is InChI=1S/C20H27N7O2/c1-25-8-7-21-18(25)16-11-26(12-17(16)24-19(28)13-5-6-13)20(29)23-14-9-22-27(10-14)15-3-2-4-15/h7-10,13,15-17H,2-6,11-12H2,1H3,(H,23,29)(H,24,28)/t16-,17-/m1/s1. The molecular formula is C20H27N7O2. The number of hydrogen-bond donors (Lipinski definition) is 2. The monoisotopic (exact) mass is 397 g/mol. The molecule has 0 unspecified atom stereocenters. The number of nitrogens with zero attached hydrogens (tertiary/aromatic N) is 5. The van der Waals surface area contributed by atoms with E-state index in [0.717, 1.165) is 31.5 Å². The van der Waals surface area contributed by atoms with Crippen LogP contribution < -0.4 is 10.6 Å². The molecule has 3 aliphatic rings. The number of aromatic nitrogens is 4. The number of carbonyl (C=O) groups excluding carboxylic acids is 2. The Kier molecular flexibility index (Phi) is 4.52. The lowest BCUT2D eigenvalue weighted by atomic mass is 9.93. The first kappa shape index (κ1) is 18.2. The van der Waals surface area contributed by atoms with Gasteiger partial charge in [-0.3, -0.25) is 9.48 Å². The Bertz CT molecular complexity index is 912. The lowest BCUT2D eigenvalue weighted by Gasteiger charge is -2.25. The summed E-state index contributed by atoms with van der Waals surface area (Å²) in [5.74, 6) is 1.09. The van der Waals surface area contributed by atoms with Crippen LogP contribution in [0, 0.1) is 5.92 Å². The molecule has 0 radical (unpaired) electrons. The first-order valence-corrected chi connectivity index (χ1v) is 10.5. The lowest BCUT2D eigenvalue weighted by Crippen LogP contribution is -2.42. The summed E-state index contributed by atoms with van der Waals surface area (Å²) in [6.45, 7) is 0.988. The highest BCUT2D eigenvalue weighted by molar-refractivity contribution is 5.89. The number of hydrogen-bond acceptors (Lipinski definition) is 4. The minimum Gasteiger partial charge on any atom is -0.351 e. The van der Waals surface area contributed by atoms with E-state index in [9.17, 15) is 9.59 Å². The quantitative estimate of drug-likeness (QED) is 0.805. The molecule has 1 saturated heterocycles. The minimum absolute atomic E-state index is 0.0267. The Morgan fingerprint density at radius 1 is 1.17 bits per heavy atom. The Labute approximate surface area is 169 Å². The lowest BCUT2D eigenvalue weighted by molar-refractivity contribution is -0.123. The van der Waals surface area contributed by atoms with Crippen molar-refractivity contribution in [3.8, 4) is 0 Å². The van der Waals surface area contributed by atoms with E-state index in [1.165, 1.54) is 6.42 Å². The fourth-order valence-electron chi connectivity index (χ4n) is 4.21. The molecular weight excluding hydrogens is 370 g/mol. The van der Waals surface area contributed by atoms with Gasteiger partial charge in [-0.25, -0.2) is 9.78 Å². The molecule has 2 saturated carbocycles. The number of amides is 3. The number of likely N-dealkylation sites (tertiary alicyclic amines) is 1. The molecule has 2 aromatic heterocycles. The van der Waals surface area contributed by atoms with Gasteiger partial charge in [-0.2, -0.15) is 5.10 Å². The third-order valence-electron chi connectivity index (χ3n) is 6.37. The van der Waals surface area contributed by atoms with Crippen LogP contribution >= 0.6 is 0 Å². The molecule has 0 spiro atoms. The van der Waals surface area contributed by atoms with Gasteiger partial charge in [0.1, 0.15) is 5.82 Å². The smallest absolute Gasteiger partial charge is 0.322 e. The maximum Gasteiger partial charge on any atom is 0.322 e. The van der Waals surface area contributed by atoms with Crippen LogP contribution in [0.15, 0.2) is 24.8 Å². The second-order valence-corrected chi connectivity index (χ2v) is 8.52. The average Bonchev–Trinajstić information content (AvgIpc) is 3.06. The number of aryl methyl sites for hydroxylation is 1. The zero-order valence-electron chi connectivity index (χ0n) is 16.6. The highest BCUT2D eigenvalue weighted by Crippen LogP contribution is 2.33. The third-order valence-corrected chi connectivity index (χ3v) is 6.37. The Hall–Kier alpha value is -2.84. The average molecular weight is 397 g/mol. The molecule has 1 aliphatic heterocycles. The van der Waals surface area contributed by atoms with E-state index in [-0.39, 0.29) is 29.8 Å². The van der Waals surface area contributed by atoms with Crippen molar-refractivity contribution >= 4 is 17.6 Å². The van der Waals surface area contributed by atoms with Crippen molar-refractivity contribution in [3.63, 3.8) is 0 Å². The SMILES string of the molecule is Cn1ccnc1[C@@H]1CN(C(=O)Nc2cnn(C3CCC3)c2)C[C@H]1NC(=O)C1CC1. The number of carbonyl (C=O) groups is 2. The molecule has 0 bridgehead atoms. The molecule has 3 heterocycles. The van der Waals surface area contributed by atoms with Gasteiger partial charge in [0.25, 0.3) is 0 Å². The van der Waals surface area contributed by atoms with Crippen molar-refractivity contribution in [1.29, 1.82) is 0 Å². The summed E-state index contributed by atoms with van der Waals surface area (Å²) in [6.07, 6.45) is 12.7. The van der Waals surface area contributed by atoms with Gasteiger partial charge in [0.15, 0.2) is 0 Å². The Balaban J connectivity index is 1.28. The summed E-state index contributed by atoms with van der Waals surface area (Å²) in [7, 11) is 1.94. The molecule has 0 aromatic carbocycles. The van der Waals surface area contributed by atoms with Gasteiger partial charge in [-0.05, 0) is 32.1 Å². The van der Waals surface area contributed by atoms with Crippen molar-refractivity contribution in [2.24, 2.45) is 13.0 Å². The second-order valence-electron chi connectivity index (χ2n) is 8.52. The third kappa shape index (κ3) is 3.61. The molecule has 3 amide bonds. The van der Waals surface area contributed by atoms with Crippen LogP contribution in [0.2, 0.25) is 0 Å². The van der Waals surface area contributed by atoms with Gasteiger partial charge in [0, 0.05) is 44.6 Å². The zero-order valence-corrected chi connectivity index (χ0v) is 16.6. The number of imidazole rings is 1.